The lowest BCUT2D eigenvalue weighted by atomic mass is 10.1. The quantitative estimate of drug-likeness (QED) is 0.768. The number of rotatable bonds is 3. The van der Waals surface area contributed by atoms with Crippen LogP contribution in [0.15, 0.2) is 29.2 Å². The summed E-state index contributed by atoms with van der Waals surface area (Å²) in [7, 11) is 0. The summed E-state index contributed by atoms with van der Waals surface area (Å²) in [6.07, 6.45) is 3.59. The summed E-state index contributed by atoms with van der Waals surface area (Å²) in [4.78, 5) is 32.2. The number of anilines is 2. The number of amides is 1. The zero-order valence-corrected chi connectivity index (χ0v) is 15.5. The maximum Gasteiger partial charge on any atom is 0.288 e. The van der Waals surface area contributed by atoms with Crippen LogP contribution < -0.4 is 15.8 Å². The highest BCUT2D eigenvalue weighted by Gasteiger charge is 2.20. The first kappa shape index (κ1) is 16.7. The summed E-state index contributed by atoms with van der Waals surface area (Å²) in [5.41, 5.74) is 2.20. The third-order valence-corrected chi connectivity index (χ3v) is 5.52. The van der Waals surface area contributed by atoms with Crippen LogP contribution in [-0.4, -0.2) is 33.6 Å². The van der Waals surface area contributed by atoms with Gasteiger partial charge in [-0.1, -0.05) is 23.5 Å². The molecule has 1 fully saturated rings. The van der Waals surface area contributed by atoms with Gasteiger partial charge in [0.05, 0.1) is 0 Å². The summed E-state index contributed by atoms with van der Waals surface area (Å²) in [6, 6.07) is 5.79. The first-order valence-electron chi connectivity index (χ1n) is 8.55. The summed E-state index contributed by atoms with van der Waals surface area (Å²) in [5.74, 6) is -0.471. The van der Waals surface area contributed by atoms with Crippen LogP contribution in [0.25, 0.3) is 4.96 Å². The van der Waals surface area contributed by atoms with Gasteiger partial charge >= 0.3 is 0 Å². The summed E-state index contributed by atoms with van der Waals surface area (Å²) < 4.78 is 1.23. The Labute approximate surface area is 154 Å². The van der Waals surface area contributed by atoms with Crippen molar-refractivity contribution in [2.75, 3.05) is 23.3 Å². The fourth-order valence-electron chi connectivity index (χ4n) is 3.03. The van der Waals surface area contributed by atoms with E-state index in [-0.39, 0.29) is 5.56 Å². The Morgan fingerprint density at radius 1 is 1.23 bits per heavy atom. The molecule has 4 rings (SSSR count). The van der Waals surface area contributed by atoms with Crippen molar-refractivity contribution in [1.29, 1.82) is 0 Å². The van der Waals surface area contributed by atoms with Crippen LogP contribution in [0.5, 0.6) is 0 Å². The summed E-state index contributed by atoms with van der Waals surface area (Å²) in [6.45, 7) is 5.74. The average Bonchev–Trinajstić information content (AvgIpc) is 3.27. The monoisotopic (exact) mass is 369 g/mol. The lowest BCUT2D eigenvalue weighted by molar-refractivity contribution is 0.102. The van der Waals surface area contributed by atoms with E-state index in [1.165, 1.54) is 22.0 Å². The highest BCUT2D eigenvalue weighted by molar-refractivity contribution is 7.20. The Balaban J connectivity index is 1.67. The van der Waals surface area contributed by atoms with E-state index in [9.17, 15) is 9.59 Å². The molecule has 1 aliphatic rings. The molecule has 1 aliphatic heterocycles. The molecule has 2 aromatic heterocycles. The van der Waals surface area contributed by atoms with E-state index in [0.29, 0.717) is 10.6 Å². The zero-order valence-electron chi connectivity index (χ0n) is 14.7. The molecular weight excluding hydrogens is 350 g/mol. The van der Waals surface area contributed by atoms with Crippen molar-refractivity contribution in [3.05, 3.63) is 51.4 Å². The van der Waals surface area contributed by atoms with Gasteiger partial charge in [-0.25, -0.2) is 4.98 Å². The number of hydrogen-bond donors (Lipinski definition) is 1. The number of carbonyl (C=O) groups is 1. The Morgan fingerprint density at radius 3 is 2.77 bits per heavy atom. The number of hydrogen-bond acceptors (Lipinski definition) is 6. The van der Waals surface area contributed by atoms with Crippen LogP contribution >= 0.6 is 11.3 Å². The molecule has 0 radical (unpaired) electrons. The van der Waals surface area contributed by atoms with Gasteiger partial charge in [0, 0.05) is 25.0 Å². The molecule has 3 heterocycles. The van der Waals surface area contributed by atoms with Crippen LogP contribution in [-0.2, 0) is 0 Å². The van der Waals surface area contributed by atoms with Crippen LogP contribution in [0.2, 0.25) is 0 Å². The largest absolute Gasteiger partial charge is 0.347 e. The van der Waals surface area contributed by atoms with E-state index in [2.05, 4.69) is 20.3 Å². The van der Waals surface area contributed by atoms with E-state index in [4.69, 9.17) is 0 Å². The lowest BCUT2D eigenvalue weighted by Gasteiger charge is -2.10. The van der Waals surface area contributed by atoms with E-state index < -0.39 is 11.5 Å². The Hall–Kier alpha value is -2.74. The van der Waals surface area contributed by atoms with Gasteiger partial charge in [0.15, 0.2) is 0 Å². The molecule has 0 atom stereocenters. The maximum atomic E-state index is 12.7. The van der Waals surface area contributed by atoms with Gasteiger partial charge in [0.2, 0.25) is 10.1 Å². The minimum atomic E-state index is -0.471. The topological polar surface area (TPSA) is 79.6 Å². The fourth-order valence-corrected chi connectivity index (χ4v) is 3.94. The number of fused-ring (bicyclic) bond motifs is 1. The number of nitrogens with zero attached hydrogens (tertiary/aromatic N) is 4. The predicted molar refractivity (Wildman–Crippen MR) is 102 cm³/mol. The molecule has 8 heteroatoms. The molecular formula is C18H19N5O2S. The van der Waals surface area contributed by atoms with Crippen LogP contribution in [0.3, 0.4) is 0 Å². The van der Waals surface area contributed by atoms with Gasteiger partial charge in [-0.15, -0.1) is 5.10 Å². The van der Waals surface area contributed by atoms with Gasteiger partial charge in [0.1, 0.15) is 5.56 Å². The van der Waals surface area contributed by atoms with Gasteiger partial charge in [-0.3, -0.25) is 9.59 Å². The molecule has 0 spiro atoms. The van der Waals surface area contributed by atoms with Crippen molar-refractivity contribution in [2.24, 2.45) is 0 Å². The van der Waals surface area contributed by atoms with E-state index in [1.54, 1.807) is 0 Å². The molecule has 1 N–H and O–H groups in total. The lowest BCUT2D eigenvalue weighted by Crippen LogP contribution is -2.27. The summed E-state index contributed by atoms with van der Waals surface area (Å²) in [5, 5.41) is 7.97. The Bertz CT molecular complexity index is 1050. The Morgan fingerprint density at radius 2 is 2.00 bits per heavy atom. The number of aromatic nitrogens is 3. The van der Waals surface area contributed by atoms with Crippen molar-refractivity contribution < 1.29 is 4.79 Å². The number of aryl methyl sites for hydroxylation is 2. The summed E-state index contributed by atoms with van der Waals surface area (Å²) >= 11 is 1.37. The van der Waals surface area contributed by atoms with E-state index in [1.807, 2.05) is 32.0 Å². The number of carbonyl (C=O) groups excluding carboxylic acids is 1. The van der Waals surface area contributed by atoms with E-state index in [0.717, 1.165) is 42.2 Å². The second-order valence-corrected chi connectivity index (χ2v) is 7.46. The second kappa shape index (κ2) is 6.53. The van der Waals surface area contributed by atoms with Crippen LogP contribution in [0, 0.1) is 13.8 Å². The molecule has 7 nitrogen and oxygen atoms in total. The molecule has 26 heavy (non-hydrogen) atoms. The minimum Gasteiger partial charge on any atom is -0.347 e. The van der Waals surface area contributed by atoms with Crippen molar-refractivity contribution in [3.8, 4) is 0 Å². The molecule has 0 bridgehead atoms. The van der Waals surface area contributed by atoms with E-state index >= 15 is 0 Å². The third kappa shape index (κ3) is 2.96. The number of benzene rings is 1. The van der Waals surface area contributed by atoms with Crippen molar-refractivity contribution in [2.45, 2.75) is 26.7 Å². The van der Waals surface area contributed by atoms with Gasteiger partial charge < -0.3 is 10.2 Å². The average molecular weight is 369 g/mol. The molecule has 134 valence electrons. The molecule has 3 aromatic rings. The Kier molecular flexibility index (Phi) is 4.20. The highest BCUT2D eigenvalue weighted by atomic mass is 32.1. The predicted octanol–water partition coefficient (Wildman–Crippen LogP) is 2.62. The SMILES string of the molecule is Cc1ccc(C)c(NC(=O)c2cnc3sc(N4CCCC4)nn3c2=O)c1. The smallest absolute Gasteiger partial charge is 0.288 e. The first-order chi connectivity index (χ1) is 12.5. The molecule has 0 unspecified atom stereocenters. The standard InChI is InChI=1S/C18H19N5O2S/c1-11-5-6-12(2)14(9-11)20-15(24)13-10-19-17-23(16(13)25)21-18(26-17)22-7-3-4-8-22/h5-6,9-10H,3-4,7-8H2,1-2H3,(H,20,24). The zero-order chi connectivity index (χ0) is 18.3. The van der Waals surface area contributed by atoms with Crippen molar-refractivity contribution in [1.82, 2.24) is 14.6 Å². The van der Waals surface area contributed by atoms with Gasteiger partial charge in [-0.05, 0) is 43.9 Å². The van der Waals surface area contributed by atoms with Crippen LogP contribution in [0.1, 0.15) is 34.3 Å². The van der Waals surface area contributed by atoms with Gasteiger partial charge in [0.25, 0.3) is 11.5 Å². The molecule has 0 aliphatic carbocycles. The minimum absolute atomic E-state index is 0.0123. The molecule has 1 saturated heterocycles. The van der Waals surface area contributed by atoms with Crippen LogP contribution in [0.4, 0.5) is 10.8 Å². The molecule has 0 saturated carbocycles. The highest BCUT2D eigenvalue weighted by Crippen LogP contribution is 2.24. The fraction of sp³-hybridized carbons (Fsp3) is 0.333. The third-order valence-electron chi connectivity index (χ3n) is 4.54. The number of nitrogens with one attached hydrogen (secondary N) is 1. The van der Waals surface area contributed by atoms with Crippen molar-refractivity contribution in [3.63, 3.8) is 0 Å². The van der Waals surface area contributed by atoms with Crippen molar-refractivity contribution >= 4 is 33.0 Å². The first-order valence-corrected chi connectivity index (χ1v) is 9.37. The normalized spacial score (nSPS) is 14.2. The maximum absolute atomic E-state index is 12.7. The molecule has 1 amide bonds. The van der Waals surface area contributed by atoms with Gasteiger partial charge in [-0.2, -0.15) is 4.52 Å². The molecule has 1 aromatic carbocycles. The second-order valence-electron chi connectivity index (χ2n) is 6.52.